The Kier molecular flexibility index (Phi) is 4.97. The molecule has 24 heavy (non-hydrogen) atoms. The summed E-state index contributed by atoms with van der Waals surface area (Å²) in [7, 11) is -3.73. The van der Waals surface area contributed by atoms with Crippen LogP contribution in [0.4, 0.5) is 5.13 Å². The number of fused-ring (bicyclic) bond motifs is 1. The number of anilines is 1. The van der Waals surface area contributed by atoms with E-state index in [1.165, 1.54) is 23.5 Å². The van der Waals surface area contributed by atoms with E-state index in [0.29, 0.717) is 29.8 Å². The molecule has 1 aliphatic heterocycles. The smallest absolute Gasteiger partial charge is 0.240 e. The maximum atomic E-state index is 12.3. The van der Waals surface area contributed by atoms with Crippen LogP contribution < -0.4 is 19.5 Å². The molecule has 0 bridgehead atoms. The van der Waals surface area contributed by atoms with Crippen molar-refractivity contribution in [2.45, 2.75) is 11.3 Å². The number of carbonyl (C=O) groups excluding carboxylic acids is 1. The van der Waals surface area contributed by atoms with Crippen molar-refractivity contribution in [1.29, 1.82) is 0 Å². The molecule has 0 aliphatic carbocycles. The Morgan fingerprint density at radius 2 is 2.04 bits per heavy atom. The van der Waals surface area contributed by atoms with Crippen molar-refractivity contribution in [3.8, 4) is 11.5 Å². The van der Waals surface area contributed by atoms with E-state index >= 15 is 0 Å². The van der Waals surface area contributed by atoms with Crippen molar-refractivity contribution in [2.75, 3.05) is 25.1 Å². The number of sulfonamides is 1. The van der Waals surface area contributed by atoms with Crippen molar-refractivity contribution in [3.63, 3.8) is 0 Å². The Morgan fingerprint density at radius 1 is 1.25 bits per heavy atom. The molecule has 1 amide bonds. The fourth-order valence-corrected chi connectivity index (χ4v) is 3.63. The number of ether oxygens (including phenoxy) is 2. The van der Waals surface area contributed by atoms with E-state index in [0.717, 1.165) is 0 Å². The lowest BCUT2D eigenvalue weighted by atomic mass is 10.3. The van der Waals surface area contributed by atoms with Gasteiger partial charge in [-0.05, 0) is 12.1 Å². The first-order valence-electron chi connectivity index (χ1n) is 7.13. The second-order valence-corrected chi connectivity index (χ2v) is 7.50. The molecular weight excluding hydrogens is 354 g/mol. The summed E-state index contributed by atoms with van der Waals surface area (Å²) in [6.07, 6.45) is 1.58. The summed E-state index contributed by atoms with van der Waals surface area (Å²) < 4.78 is 37.7. The molecule has 3 rings (SSSR count). The highest BCUT2D eigenvalue weighted by Crippen LogP contribution is 2.32. The number of hydrogen-bond donors (Lipinski definition) is 2. The van der Waals surface area contributed by atoms with E-state index in [2.05, 4.69) is 15.0 Å². The molecule has 1 aromatic heterocycles. The van der Waals surface area contributed by atoms with Gasteiger partial charge in [-0.2, -0.15) is 0 Å². The summed E-state index contributed by atoms with van der Waals surface area (Å²) in [6, 6.07) is 4.40. The molecule has 2 N–H and O–H groups in total. The van der Waals surface area contributed by atoms with Gasteiger partial charge in [0.05, 0.1) is 4.90 Å². The van der Waals surface area contributed by atoms with Crippen molar-refractivity contribution in [2.24, 2.45) is 0 Å². The van der Waals surface area contributed by atoms with Crippen molar-refractivity contribution >= 4 is 32.4 Å². The number of thiazole rings is 1. The average molecular weight is 369 g/mol. The molecule has 0 saturated carbocycles. The third kappa shape index (κ3) is 4.02. The first kappa shape index (κ1) is 16.7. The monoisotopic (exact) mass is 369 g/mol. The Labute approximate surface area is 142 Å². The van der Waals surface area contributed by atoms with Gasteiger partial charge in [0.1, 0.15) is 13.2 Å². The number of amides is 1. The highest BCUT2D eigenvalue weighted by molar-refractivity contribution is 7.89. The third-order valence-corrected chi connectivity index (χ3v) is 5.29. The summed E-state index contributed by atoms with van der Waals surface area (Å²) in [4.78, 5) is 15.7. The normalized spacial score (nSPS) is 13.5. The van der Waals surface area contributed by atoms with Crippen LogP contribution in [0.1, 0.15) is 6.42 Å². The molecule has 0 fully saturated rings. The number of benzene rings is 1. The summed E-state index contributed by atoms with van der Waals surface area (Å²) in [5.74, 6) is 0.600. The van der Waals surface area contributed by atoms with E-state index in [-0.39, 0.29) is 23.8 Å². The largest absolute Gasteiger partial charge is 0.486 e. The second-order valence-electron chi connectivity index (χ2n) is 4.84. The number of nitrogens with zero attached hydrogens (tertiary/aromatic N) is 1. The lowest BCUT2D eigenvalue weighted by Gasteiger charge is -2.18. The van der Waals surface area contributed by atoms with Crippen LogP contribution >= 0.6 is 11.3 Å². The molecule has 0 unspecified atom stereocenters. The van der Waals surface area contributed by atoms with Crippen molar-refractivity contribution < 1.29 is 22.7 Å². The molecule has 1 aliphatic rings. The minimum absolute atomic E-state index is 0.00334. The zero-order valence-corrected chi connectivity index (χ0v) is 14.2. The topological polar surface area (TPSA) is 107 Å². The maximum Gasteiger partial charge on any atom is 0.240 e. The number of nitrogens with one attached hydrogen (secondary N) is 2. The van der Waals surface area contributed by atoms with Gasteiger partial charge in [0.2, 0.25) is 15.9 Å². The summed E-state index contributed by atoms with van der Waals surface area (Å²) in [5.41, 5.74) is 0. The Bertz CT molecular complexity index is 821. The zero-order chi connectivity index (χ0) is 17.0. The molecule has 2 heterocycles. The minimum atomic E-state index is -3.73. The molecule has 0 spiro atoms. The molecule has 0 radical (unpaired) electrons. The van der Waals surface area contributed by atoms with Gasteiger partial charge < -0.3 is 14.8 Å². The van der Waals surface area contributed by atoms with Gasteiger partial charge in [-0.3, -0.25) is 4.79 Å². The van der Waals surface area contributed by atoms with Gasteiger partial charge in [-0.15, -0.1) is 11.3 Å². The van der Waals surface area contributed by atoms with E-state index < -0.39 is 10.0 Å². The lowest BCUT2D eigenvalue weighted by Crippen LogP contribution is -2.28. The molecule has 8 nitrogen and oxygen atoms in total. The molecular formula is C14H15N3O5S2. The van der Waals surface area contributed by atoms with E-state index in [1.807, 2.05) is 0 Å². The van der Waals surface area contributed by atoms with E-state index in [1.54, 1.807) is 17.6 Å². The van der Waals surface area contributed by atoms with Crippen LogP contribution in [0.2, 0.25) is 0 Å². The molecule has 0 saturated heterocycles. The van der Waals surface area contributed by atoms with E-state index in [4.69, 9.17) is 9.47 Å². The fourth-order valence-electron chi connectivity index (χ4n) is 2.04. The van der Waals surface area contributed by atoms with Gasteiger partial charge in [0, 0.05) is 30.6 Å². The minimum Gasteiger partial charge on any atom is -0.486 e. The standard InChI is InChI=1S/C14H15N3O5S2/c18-13(17-14-15-5-8-23-14)3-4-16-24(19,20)10-1-2-11-12(9-10)22-7-6-21-11/h1-2,5,8-9,16H,3-4,6-7H2,(H,15,17,18). The SMILES string of the molecule is O=C(CCNS(=O)(=O)c1ccc2c(c1)OCCO2)Nc1nccs1. The first-order chi connectivity index (χ1) is 11.5. The summed E-state index contributed by atoms with van der Waals surface area (Å²) in [5, 5.41) is 4.80. The predicted molar refractivity (Wildman–Crippen MR) is 88.0 cm³/mol. The van der Waals surface area contributed by atoms with Gasteiger partial charge in [-0.25, -0.2) is 18.1 Å². The zero-order valence-electron chi connectivity index (χ0n) is 12.5. The molecule has 0 atom stereocenters. The number of rotatable bonds is 6. The van der Waals surface area contributed by atoms with Gasteiger partial charge in [0.15, 0.2) is 16.6 Å². The molecule has 128 valence electrons. The van der Waals surface area contributed by atoms with Crippen molar-refractivity contribution in [1.82, 2.24) is 9.71 Å². The Balaban J connectivity index is 1.57. The maximum absolute atomic E-state index is 12.3. The Morgan fingerprint density at radius 3 is 2.79 bits per heavy atom. The second kappa shape index (κ2) is 7.16. The van der Waals surface area contributed by atoms with Crippen LogP contribution in [-0.4, -0.2) is 39.1 Å². The van der Waals surface area contributed by atoms with Crippen LogP contribution in [0.3, 0.4) is 0 Å². The predicted octanol–water partition coefficient (Wildman–Crippen LogP) is 1.22. The quantitative estimate of drug-likeness (QED) is 0.793. The highest BCUT2D eigenvalue weighted by atomic mass is 32.2. The molecule has 10 heteroatoms. The molecule has 2 aromatic rings. The number of hydrogen-bond acceptors (Lipinski definition) is 7. The summed E-state index contributed by atoms with van der Waals surface area (Å²) >= 11 is 1.29. The van der Waals surface area contributed by atoms with E-state index in [9.17, 15) is 13.2 Å². The van der Waals surface area contributed by atoms with Crippen LogP contribution in [0.25, 0.3) is 0 Å². The first-order valence-corrected chi connectivity index (χ1v) is 9.49. The highest BCUT2D eigenvalue weighted by Gasteiger charge is 2.19. The number of aromatic nitrogens is 1. The molecule has 1 aromatic carbocycles. The van der Waals surface area contributed by atoms with Crippen LogP contribution in [0.15, 0.2) is 34.7 Å². The van der Waals surface area contributed by atoms with Crippen LogP contribution in [0, 0.1) is 0 Å². The van der Waals surface area contributed by atoms with Gasteiger partial charge in [0.25, 0.3) is 0 Å². The fraction of sp³-hybridized carbons (Fsp3) is 0.286. The number of carbonyl (C=O) groups is 1. The van der Waals surface area contributed by atoms with Crippen LogP contribution in [0.5, 0.6) is 11.5 Å². The average Bonchev–Trinajstić information content (AvgIpc) is 3.07. The third-order valence-electron chi connectivity index (χ3n) is 3.15. The van der Waals surface area contributed by atoms with Gasteiger partial charge >= 0.3 is 0 Å². The van der Waals surface area contributed by atoms with Crippen LogP contribution in [-0.2, 0) is 14.8 Å². The lowest BCUT2D eigenvalue weighted by molar-refractivity contribution is -0.116. The van der Waals surface area contributed by atoms with Crippen molar-refractivity contribution in [3.05, 3.63) is 29.8 Å². The Hall–Kier alpha value is -2.17. The van der Waals surface area contributed by atoms with Gasteiger partial charge in [-0.1, -0.05) is 0 Å². The summed E-state index contributed by atoms with van der Waals surface area (Å²) in [6.45, 7) is 0.792.